The van der Waals surface area contributed by atoms with Gasteiger partial charge < -0.3 is 5.11 Å². The lowest BCUT2D eigenvalue weighted by atomic mass is 10.7. The SMILES string of the molecule is Oc1nc(Cl)c(Cl)nc1Cl. The maximum Gasteiger partial charge on any atom is 0.251 e. The van der Waals surface area contributed by atoms with Crippen molar-refractivity contribution in [3.05, 3.63) is 15.5 Å². The summed E-state index contributed by atoms with van der Waals surface area (Å²) in [5.74, 6) is -0.420. The molecule has 1 aromatic heterocycles. The molecule has 0 aromatic carbocycles. The van der Waals surface area contributed by atoms with Crippen molar-refractivity contribution in [3.8, 4) is 5.88 Å². The smallest absolute Gasteiger partial charge is 0.251 e. The number of aromatic nitrogens is 2. The van der Waals surface area contributed by atoms with Crippen molar-refractivity contribution in [2.24, 2.45) is 0 Å². The summed E-state index contributed by atoms with van der Waals surface area (Å²) < 4.78 is 0. The molecule has 0 amide bonds. The van der Waals surface area contributed by atoms with Crippen LogP contribution in [0.1, 0.15) is 0 Å². The first-order valence-corrected chi connectivity index (χ1v) is 3.32. The Morgan fingerprint density at radius 1 is 0.900 bits per heavy atom. The highest BCUT2D eigenvalue weighted by molar-refractivity contribution is 6.41. The van der Waals surface area contributed by atoms with Gasteiger partial charge in [-0.25, -0.2) is 4.98 Å². The van der Waals surface area contributed by atoms with Crippen molar-refractivity contribution in [2.45, 2.75) is 0 Å². The van der Waals surface area contributed by atoms with Crippen LogP contribution in [0.4, 0.5) is 0 Å². The Labute approximate surface area is 71.6 Å². The van der Waals surface area contributed by atoms with E-state index in [-0.39, 0.29) is 15.5 Å². The van der Waals surface area contributed by atoms with Crippen molar-refractivity contribution >= 4 is 34.8 Å². The van der Waals surface area contributed by atoms with E-state index in [4.69, 9.17) is 39.9 Å². The largest absolute Gasteiger partial charge is 0.491 e. The van der Waals surface area contributed by atoms with E-state index in [1.807, 2.05) is 0 Å². The van der Waals surface area contributed by atoms with E-state index in [1.54, 1.807) is 0 Å². The summed E-state index contributed by atoms with van der Waals surface area (Å²) in [5, 5.41) is 8.53. The van der Waals surface area contributed by atoms with Gasteiger partial charge in [0, 0.05) is 0 Å². The Bertz CT molecular complexity index is 215. The van der Waals surface area contributed by atoms with Crippen molar-refractivity contribution in [2.75, 3.05) is 0 Å². The Balaban J connectivity index is 3.28. The first kappa shape index (κ1) is 7.85. The molecular formula is C4HCl3N2O. The molecule has 1 N–H and O–H groups in total. The molecule has 0 fully saturated rings. The summed E-state index contributed by atoms with van der Waals surface area (Å²) in [5.41, 5.74) is 0. The summed E-state index contributed by atoms with van der Waals surface area (Å²) in [4.78, 5) is 6.83. The normalized spacial score (nSPS) is 9.90. The van der Waals surface area contributed by atoms with Gasteiger partial charge in [-0.05, 0) is 0 Å². The fourth-order valence-corrected chi connectivity index (χ4v) is 0.787. The van der Waals surface area contributed by atoms with Crippen LogP contribution in [-0.4, -0.2) is 15.1 Å². The molecule has 0 radical (unpaired) electrons. The average molecular weight is 199 g/mol. The minimum absolute atomic E-state index is 0.0236. The highest BCUT2D eigenvalue weighted by Gasteiger charge is 2.06. The molecule has 3 nitrogen and oxygen atoms in total. The number of hydrogen-bond acceptors (Lipinski definition) is 3. The fraction of sp³-hybridized carbons (Fsp3) is 0. The third-order valence-electron chi connectivity index (χ3n) is 0.755. The second-order valence-corrected chi connectivity index (χ2v) is 2.49. The highest BCUT2D eigenvalue weighted by Crippen LogP contribution is 2.25. The Hall–Kier alpha value is -0.250. The van der Waals surface area contributed by atoms with Crippen LogP contribution >= 0.6 is 34.8 Å². The van der Waals surface area contributed by atoms with Crippen LogP contribution in [0.2, 0.25) is 15.5 Å². The molecule has 0 aliphatic carbocycles. The van der Waals surface area contributed by atoms with Gasteiger partial charge in [-0.3, -0.25) is 0 Å². The third kappa shape index (κ3) is 1.42. The van der Waals surface area contributed by atoms with E-state index >= 15 is 0 Å². The quantitative estimate of drug-likeness (QED) is 0.696. The van der Waals surface area contributed by atoms with Crippen molar-refractivity contribution in [1.29, 1.82) is 0 Å². The topological polar surface area (TPSA) is 46.0 Å². The zero-order valence-corrected chi connectivity index (χ0v) is 6.74. The number of rotatable bonds is 0. The summed E-state index contributed by atoms with van der Waals surface area (Å²) in [6, 6.07) is 0. The molecule has 0 saturated heterocycles. The molecule has 0 saturated carbocycles. The van der Waals surface area contributed by atoms with E-state index < -0.39 is 5.88 Å². The minimum atomic E-state index is -0.420. The molecule has 1 aromatic rings. The molecule has 54 valence electrons. The predicted octanol–water partition coefficient (Wildman–Crippen LogP) is 2.14. The van der Waals surface area contributed by atoms with Gasteiger partial charge in [0.2, 0.25) is 0 Å². The summed E-state index contributed by atoms with van der Waals surface area (Å²) in [6.45, 7) is 0. The Morgan fingerprint density at radius 3 is 1.90 bits per heavy atom. The van der Waals surface area contributed by atoms with Gasteiger partial charge in [-0.1, -0.05) is 34.8 Å². The van der Waals surface area contributed by atoms with Gasteiger partial charge in [-0.15, -0.1) is 0 Å². The molecule has 0 atom stereocenters. The standard InChI is InChI=1S/C4HCl3N2O/c5-1-2(6)9-4(10)3(7)8-1/h(H,9,10). The Kier molecular flexibility index (Phi) is 2.18. The molecule has 1 heterocycles. The van der Waals surface area contributed by atoms with E-state index in [0.29, 0.717) is 0 Å². The first-order valence-electron chi connectivity index (χ1n) is 2.18. The molecular weight excluding hydrogens is 198 g/mol. The lowest BCUT2D eigenvalue weighted by Crippen LogP contribution is -1.84. The molecule has 0 aliphatic rings. The number of nitrogens with zero attached hydrogens (tertiary/aromatic N) is 2. The second kappa shape index (κ2) is 2.78. The van der Waals surface area contributed by atoms with Crippen LogP contribution in [0.3, 0.4) is 0 Å². The monoisotopic (exact) mass is 198 g/mol. The lowest BCUT2D eigenvalue weighted by molar-refractivity contribution is 0.451. The van der Waals surface area contributed by atoms with E-state index in [0.717, 1.165) is 0 Å². The lowest BCUT2D eigenvalue weighted by Gasteiger charge is -1.95. The van der Waals surface area contributed by atoms with Gasteiger partial charge in [0.05, 0.1) is 0 Å². The summed E-state index contributed by atoms with van der Waals surface area (Å²) >= 11 is 16.1. The average Bonchev–Trinajstić information content (AvgIpc) is 1.84. The van der Waals surface area contributed by atoms with E-state index in [2.05, 4.69) is 9.97 Å². The number of halogens is 3. The third-order valence-corrected chi connectivity index (χ3v) is 1.63. The van der Waals surface area contributed by atoms with Gasteiger partial charge >= 0.3 is 0 Å². The van der Waals surface area contributed by atoms with E-state index in [1.165, 1.54) is 0 Å². The molecule has 0 unspecified atom stereocenters. The van der Waals surface area contributed by atoms with Crippen LogP contribution in [-0.2, 0) is 0 Å². The maximum atomic E-state index is 8.78. The van der Waals surface area contributed by atoms with Crippen LogP contribution < -0.4 is 0 Å². The van der Waals surface area contributed by atoms with E-state index in [9.17, 15) is 0 Å². The molecule has 0 aliphatic heterocycles. The molecule has 6 heteroatoms. The molecule has 0 spiro atoms. The van der Waals surface area contributed by atoms with Crippen molar-refractivity contribution in [3.63, 3.8) is 0 Å². The van der Waals surface area contributed by atoms with Crippen LogP contribution in [0.5, 0.6) is 5.88 Å². The summed E-state index contributed by atoms with van der Waals surface area (Å²) in [7, 11) is 0. The van der Waals surface area contributed by atoms with Crippen LogP contribution in [0, 0.1) is 0 Å². The zero-order chi connectivity index (χ0) is 7.72. The van der Waals surface area contributed by atoms with Crippen molar-refractivity contribution in [1.82, 2.24) is 9.97 Å². The van der Waals surface area contributed by atoms with Crippen LogP contribution in [0.25, 0.3) is 0 Å². The van der Waals surface area contributed by atoms with Crippen LogP contribution in [0.15, 0.2) is 0 Å². The zero-order valence-electron chi connectivity index (χ0n) is 4.48. The second-order valence-electron chi connectivity index (χ2n) is 1.42. The summed E-state index contributed by atoms with van der Waals surface area (Å²) in [6.07, 6.45) is 0. The highest BCUT2D eigenvalue weighted by atomic mass is 35.5. The molecule has 0 bridgehead atoms. The number of hydrogen-bond donors (Lipinski definition) is 1. The first-order chi connectivity index (χ1) is 4.61. The van der Waals surface area contributed by atoms with Gasteiger partial charge in [0.25, 0.3) is 5.88 Å². The predicted molar refractivity (Wildman–Crippen MR) is 38.7 cm³/mol. The Morgan fingerprint density at radius 2 is 1.40 bits per heavy atom. The molecule has 10 heavy (non-hydrogen) atoms. The van der Waals surface area contributed by atoms with Crippen molar-refractivity contribution < 1.29 is 5.11 Å². The number of aromatic hydroxyl groups is 1. The maximum absolute atomic E-state index is 8.78. The van der Waals surface area contributed by atoms with Gasteiger partial charge in [0.1, 0.15) is 0 Å². The van der Waals surface area contributed by atoms with Gasteiger partial charge in [0.15, 0.2) is 15.5 Å². The minimum Gasteiger partial charge on any atom is -0.491 e. The molecule has 1 rings (SSSR count). The van der Waals surface area contributed by atoms with Gasteiger partial charge in [-0.2, -0.15) is 4.98 Å². The fourth-order valence-electron chi connectivity index (χ4n) is 0.368.